The van der Waals surface area contributed by atoms with E-state index in [4.69, 9.17) is 15.2 Å². The monoisotopic (exact) mass is 2590 g/mol. The number of benzene rings is 8. The Balaban J connectivity index is 0.000000334. The summed E-state index contributed by atoms with van der Waals surface area (Å²) in [7, 11) is 0. The maximum atomic E-state index is 13.1. The normalized spacial score (nSPS) is 11.3. The summed E-state index contributed by atoms with van der Waals surface area (Å²) in [5.41, 5.74) is 20.2. The number of hydrogen-bond acceptors (Lipinski definition) is 12. The summed E-state index contributed by atoms with van der Waals surface area (Å²) < 4.78 is 62.1. The van der Waals surface area contributed by atoms with Gasteiger partial charge in [0.1, 0.15) is 5.76 Å². The van der Waals surface area contributed by atoms with Gasteiger partial charge in [0.15, 0.2) is 11.7 Å². The first kappa shape index (κ1) is 120. The number of nitrogens with zero attached hydrogens (tertiary/aromatic N) is 8. The second-order valence-electron chi connectivity index (χ2n) is 38.8. The van der Waals surface area contributed by atoms with Crippen molar-refractivity contribution >= 4 is 45.2 Å². The number of para-hydroxylation sites is 1. The molecular weight excluding hydrogens is 2470 g/mol. The van der Waals surface area contributed by atoms with Crippen LogP contribution in [0.3, 0.4) is 0 Å². The molecule has 0 saturated heterocycles. The van der Waals surface area contributed by atoms with Gasteiger partial charge in [-0.05, 0) is 149 Å². The maximum Gasteiger partial charge on any atom is 3.00 e. The number of aryl methyl sites for hydroxylation is 1. The Kier molecular flexibility index (Phi) is 49.5. The van der Waals surface area contributed by atoms with Crippen LogP contribution >= 0.6 is 0 Å². The number of hydrogen-bond donors (Lipinski definition) is 3. The first-order chi connectivity index (χ1) is 63.7. The van der Waals surface area contributed by atoms with Crippen LogP contribution in [-0.4, -0.2) is 78.5 Å². The fourth-order valence-electron chi connectivity index (χ4n) is 13.7. The minimum atomic E-state index is -4.88. The molecule has 0 fully saturated rings. The summed E-state index contributed by atoms with van der Waals surface area (Å²) in [6.07, 6.45) is 16.4. The van der Waals surface area contributed by atoms with E-state index < -0.39 is 35.5 Å². The topological polar surface area (TPSA) is 207 Å². The number of rotatable bonds is 18. The molecule has 23 heteroatoms. The Morgan fingerprint density at radius 2 is 0.906 bits per heavy atom. The third kappa shape index (κ3) is 43.9. The number of carbonyl (C=O) groups excluding carboxylic acids is 2. The van der Waals surface area contributed by atoms with Crippen LogP contribution in [-0.2, 0) is 127 Å². The molecule has 0 saturated carbocycles. The van der Waals surface area contributed by atoms with Crippen molar-refractivity contribution in [1.29, 1.82) is 0 Å². The van der Waals surface area contributed by atoms with E-state index in [-0.39, 0.29) is 134 Å². The zero-order valence-electron chi connectivity index (χ0n) is 81.6. The number of pyridine rings is 5. The Hall–Kier alpha value is -11.3. The van der Waals surface area contributed by atoms with E-state index in [0.717, 1.165) is 118 Å². The van der Waals surface area contributed by atoms with Crippen molar-refractivity contribution in [3.05, 3.63) is 402 Å². The molecule has 8 aromatic carbocycles. The van der Waals surface area contributed by atoms with E-state index in [9.17, 15) is 41.4 Å². The molecule has 2 radical (unpaired) electrons. The summed E-state index contributed by atoms with van der Waals surface area (Å²) in [5, 5.41) is 27.9. The van der Waals surface area contributed by atoms with Crippen LogP contribution in [0.25, 0.3) is 78.5 Å². The Morgan fingerprint density at radius 1 is 0.439 bits per heavy atom. The average Bonchev–Trinajstić information content (AvgIpc) is 1.59. The number of aliphatic hydroxyl groups is 2. The molecule has 0 amide bonds. The molecule has 0 bridgehead atoms. The fourth-order valence-corrected chi connectivity index (χ4v) is 13.7. The van der Waals surface area contributed by atoms with Crippen molar-refractivity contribution in [2.45, 2.75) is 176 Å². The van der Waals surface area contributed by atoms with Crippen LogP contribution in [0.5, 0.6) is 0 Å². The minimum absolute atomic E-state index is 0. The van der Waals surface area contributed by atoms with Crippen LogP contribution in [0.2, 0.25) is 0 Å². The molecule has 3 N–H and O–H groups in total. The molecule has 139 heavy (non-hydrogen) atoms. The van der Waals surface area contributed by atoms with E-state index in [0.29, 0.717) is 34.0 Å². The molecule has 0 aliphatic rings. The molecule has 0 atom stereocenters. The summed E-state index contributed by atoms with van der Waals surface area (Å²) >= 11 is 0. The molecule has 738 valence electrons. The molecule has 0 aliphatic carbocycles. The van der Waals surface area contributed by atoms with Gasteiger partial charge in [0.25, 0.3) is 5.78 Å². The van der Waals surface area contributed by atoms with E-state index >= 15 is 0 Å². The van der Waals surface area contributed by atoms with Crippen LogP contribution in [0.15, 0.2) is 298 Å². The van der Waals surface area contributed by atoms with Gasteiger partial charge in [-0.25, -0.2) is 11.1 Å². The predicted molar refractivity (Wildman–Crippen MR) is 532 cm³/mol. The SMILES string of the molecule is CC(C)(C)Cc1cc[c-]c(-c2cc(CC(C)(C)C)ccn2)c1.CC(C)(C)Cc1cc[c-]c(C(=O)O)c1.CC(C)(C)Cc1ccnc(-c2[c-]cc(F)c(F)n2)c1.CC(C)(C)Cc1cnc2c3[c-]cccc3n(-c3ccccc3)c2c1.CC(C)CCc1cnc(-c2[c-]ccnc2)nc1.CC(O)=CC(=O)C(F)(F)F.O=C(C=C(O)c1ccccc1)c1ccccc1.[Au+3].[Ir].[Ir].[Pt].[c-]1ccccc1-c1[c-]cccc1. The van der Waals surface area contributed by atoms with Crippen LogP contribution < -0.4 is 0 Å². The van der Waals surface area contributed by atoms with Gasteiger partial charge in [0.05, 0.1) is 17.4 Å². The number of aromatic nitrogens is 8. The summed E-state index contributed by atoms with van der Waals surface area (Å²) in [6, 6.07) is 96.4. The van der Waals surface area contributed by atoms with Gasteiger partial charge in [-0.3, -0.25) is 28.9 Å². The third-order valence-corrected chi connectivity index (χ3v) is 19.3. The van der Waals surface area contributed by atoms with Crippen molar-refractivity contribution < 1.29 is 135 Å². The third-order valence-electron chi connectivity index (χ3n) is 19.3. The average molecular weight is 2590 g/mol. The molecule has 0 aliphatic heterocycles. The number of carboxylic acid groups (broad SMARTS) is 1. The van der Waals surface area contributed by atoms with Gasteiger partial charge in [-0.1, -0.05) is 249 Å². The van der Waals surface area contributed by atoms with Crippen molar-refractivity contribution in [3.8, 4) is 50.8 Å². The number of alkyl halides is 3. The first-order valence-corrected chi connectivity index (χ1v) is 44.6. The molecule has 15 rings (SSSR count). The van der Waals surface area contributed by atoms with Gasteiger partial charge in [0, 0.05) is 132 Å². The number of carbonyl (C=O) groups is 3. The van der Waals surface area contributed by atoms with Gasteiger partial charge in [-0.15, -0.1) is 120 Å². The van der Waals surface area contributed by atoms with E-state index in [1.807, 2.05) is 140 Å². The number of halogens is 5. The molecule has 7 heterocycles. The van der Waals surface area contributed by atoms with Gasteiger partial charge >= 0.3 is 28.6 Å². The molecule has 0 unspecified atom stereocenters. The second-order valence-corrected chi connectivity index (χ2v) is 38.8. The zero-order chi connectivity index (χ0) is 98.7. The molecule has 15 aromatic rings. The van der Waals surface area contributed by atoms with Crippen molar-refractivity contribution in [1.82, 2.24) is 39.5 Å². The van der Waals surface area contributed by atoms with Crippen LogP contribution in [0.4, 0.5) is 22.0 Å². The maximum absolute atomic E-state index is 13.1. The number of carboxylic acids is 1. The standard InChI is InChI=1S/C22H21N2.C21H28N.C15H15F2N2.C15H12O2.C14H16N3.C12H15O2.C12H8.C5H5F3O2.Au.2Ir.Pt/c1-22(2,3)14-16-13-20-21(23-15-16)18-11-7-8-12-19(18)24(20)17-9-5-4-6-10-17;1-20(2,3)14-16-8-7-9-18(12-16)19-13-17(10-11-22-19)15-21(4,5)6;1-15(2,3)9-10-6-7-18-13(8-10)12-5-4-11(16)14(17)19-12;16-14(12-7-3-1-4-8-12)11-15(17)13-9-5-2-6-10-13;1-11(2)5-6-12-8-16-14(17-9-12)13-4-3-7-15-10-13;1-12(2,3)8-9-5-4-6-10(7-9)11(13)14;1-3-7-11(8-4-1)12-9-5-2-6-10-12;1-3(9)2-4(10)5(6,7)8;;;;/h4-10,12-13,15H,14H2,1-3H3;7-8,10-13H,14-15H2,1-6H3;4,6-8H,9H2,1-3H3;1-11,16H;3,7-11H,5-6H2,1-2H3;4-5,7H,8H2,1-3H3,(H,13,14);1-7,9H;2,9H,1H3;;;;/q3*-1;;2*-1;-2;;+3;;;. The summed E-state index contributed by atoms with van der Waals surface area (Å²) in [5.74, 6) is -4.57. The van der Waals surface area contributed by atoms with Crippen molar-refractivity contribution in [2.24, 2.45) is 33.0 Å². The summed E-state index contributed by atoms with van der Waals surface area (Å²) in [6.45, 7) is 38.6. The zero-order valence-corrected chi connectivity index (χ0v) is 90.8. The molecule has 14 nitrogen and oxygen atoms in total. The van der Waals surface area contributed by atoms with E-state index in [1.165, 1.54) is 34.8 Å². The smallest absolute Gasteiger partial charge is 0.521 e. The Morgan fingerprint density at radius 3 is 1.39 bits per heavy atom. The fraction of sp³-hybridized carbons (Fsp3) is 0.276. The van der Waals surface area contributed by atoms with Crippen molar-refractivity contribution in [3.63, 3.8) is 0 Å². The second kappa shape index (κ2) is 57.4. The van der Waals surface area contributed by atoms with Crippen LogP contribution in [0.1, 0.15) is 191 Å². The molecular formula is C116H120AuF5Ir2N8O6Pt-4. The van der Waals surface area contributed by atoms with E-state index in [2.05, 4.69) is 255 Å². The minimum Gasteiger partial charge on any atom is -0.521 e. The Labute approximate surface area is 874 Å². The van der Waals surface area contributed by atoms with Crippen molar-refractivity contribution in [2.75, 3.05) is 0 Å². The van der Waals surface area contributed by atoms with Crippen LogP contribution in [0, 0.1) is 87.2 Å². The van der Waals surface area contributed by atoms with Gasteiger partial charge in [0.2, 0.25) is 5.97 Å². The number of aromatic carboxylic acids is 1. The number of allylic oxidation sites excluding steroid dienone is 3. The summed E-state index contributed by atoms with van der Waals surface area (Å²) in [4.78, 5) is 62.1. The quantitative estimate of drug-likeness (QED) is 0.0139. The molecule has 7 aromatic heterocycles. The largest absolute Gasteiger partial charge is 3.00 e. The predicted octanol–water partition coefficient (Wildman–Crippen LogP) is 28.8. The van der Waals surface area contributed by atoms with E-state index in [1.54, 1.807) is 73.2 Å². The molecule has 0 spiro atoms. The number of fused-ring (bicyclic) bond motifs is 3. The first-order valence-electron chi connectivity index (χ1n) is 44.6. The Bertz CT molecular complexity index is 6230. The number of ketones is 2. The van der Waals surface area contributed by atoms with Gasteiger partial charge in [-0.2, -0.15) is 72.2 Å². The van der Waals surface area contributed by atoms with Gasteiger partial charge < -0.3 is 44.6 Å². The number of aliphatic hydroxyl groups excluding tert-OH is 2.